The molecule has 0 saturated heterocycles. The average Bonchev–Trinajstić information content (AvgIpc) is 2.03. The van der Waals surface area contributed by atoms with E-state index in [0.29, 0.717) is 0 Å². The van der Waals surface area contributed by atoms with Crippen molar-refractivity contribution in [2.45, 2.75) is 25.8 Å². The van der Waals surface area contributed by atoms with Gasteiger partial charge >= 0.3 is 6.03 Å². The summed E-state index contributed by atoms with van der Waals surface area (Å²) < 4.78 is 0. The molecule has 0 radical (unpaired) electrons. The summed E-state index contributed by atoms with van der Waals surface area (Å²) in [6.45, 7) is 5.64. The second kappa shape index (κ2) is 5.77. The molecule has 11 heavy (non-hydrogen) atoms. The fraction of sp³-hybridized carbons (Fsp3) is 0.625. The topological polar surface area (TPSA) is 41.1 Å². The third kappa shape index (κ3) is 4.42. The maximum atomic E-state index is 10.8. The van der Waals surface area contributed by atoms with Crippen molar-refractivity contribution in [3.8, 4) is 0 Å². The average molecular weight is 156 g/mol. The summed E-state index contributed by atoms with van der Waals surface area (Å²) in [5, 5.41) is 5.30. The van der Waals surface area contributed by atoms with Gasteiger partial charge < -0.3 is 10.6 Å². The number of carbonyl (C=O) groups is 1. The van der Waals surface area contributed by atoms with Crippen LogP contribution < -0.4 is 10.6 Å². The van der Waals surface area contributed by atoms with Gasteiger partial charge in [-0.15, -0.1) is 6.58 Å². The van der Waals surface area contributed by atoms with Crippen molar-refractivity contribution < 1.29 is 4.79 Å². The van der Waals surface area contributed by atoms with Crippen LogP contribution in [-0.2, 0) is 0 Å². The predicted octanol–water partition coefficient (Wildman–Crippen LogP) is 1.27. The Kier molecular flexibility index (Phi) is 5.25. The molecule has 0 aromatic rings. The van der Waals surface area contributed by atoms with Crippen LogP contribution in [0.1, 0.15) is 19.8 Å². The van der Waals surface area contributed by atoms with Crippen molar-refractivity contribution in [3.63, 3.8) is 0 Å². The highest BCUT2D eigenvalue weighted by atomic mass is 16.2. The fourth-order valence-corrected chi connectivity index (χ4v) is 0.786. The van der Waals surface area contributed by atoms with E-state index in [2.05, 4.69) is 17.2 Å². The van der Waals surface area contributed by atoms with Gasteiger partial charge in [0.1, 0.15) is 0 Å². The summed E-state index contributed by atoms with van der Waals surface area (Å²) in [6, 6.07) is 0.0890. The summed E-state index contributed by atoms with van der Waals surface area (Å²) in [6.07, 6.45) is 3.56. The maximum absolute atomic E-state index is 10.8. The zero-order valence-corrected chi connectivity index (χ0v) is 7.18. The molecule has 1 atom stereocenters. The Morgan fingerprint density at radius 1 is 1.73 bits per heavy atom. The molecule has 0 heterocycles. The van der Waals surface area contributed by atoms with Gasteiger partial charge in [-0.2, -0.15) is 0 Å². The molecule has 1 unspecified atom stereocenters. The van der Waals surface area contributed by atoms with Gasteiger partial charge in [0.25, 0.3) is 0 Å². The van der Waals surface area contributed by atoms with Crippen LogP contribution in [0.25, 0.3) is 0 Å². The van der Waals surface area contributed by atoms with Crippen LogP contribution in [-0.4, -0.2) is 19.1 Å². The third-order valence-corrected chi connectivity index (χ3v) is 1.51. The van der Waals surface area contributed by atoms with Crippen molar-refractivity contribution in [1.29, 1.82) is 0 Å². The van der Waals surface area contributed by atoms with Gasteiger partial charge in [0, 0.05) is 13.1 Å². The second-order valence-electron chi connectivity index (χ2n) is 2.35. The Labute approximate surface area is 67.9 Å². The van der Waals surface area contributed by atoms with Crippen molar-refractivity contribution >= 4 is 6.03 Å². The second-order valence-corrected chi connectivity index (χ2v) is 2.35. The van der Waals surface area contributed by atoms with Crippen LogP contribution >= 0.6 is 0 Å². The first-order chi connectivity index (χ1) is 5.24. The minimum absolute atomic E-state index is 0.126. The Hall–Kier alpha value is -0.990. The molecule has 0 fully saturated rings. The van der Waals surface area contributed by atoms with Crippen LogP contribution in [0, 0.1) is 0 Å². The molecule has 0 spiro atoms. The van der Waals surface area contributed by atoms with Crippen molar-refractivity contribution in [1.82, 2.24) is 10.6 Å². The van der Waals surface area contributed by atoms with Crippen molar-refractivity contribution in [3.05, 3.63) is 12.7 Å². The summed E-state index contributed by atoms with van der Waals surface area (Å²) in [4.78, 5) is 10.8. The van der Waals surface area contributed by atoms with E-state index in [1.807, 2.05) is 13.0 Å². The highest BCUT2D eigenvalue weighted by Crippen LogP contribution is 1.96. The number of amides is 2. The normalized spacial score (nSPS) is 11.8. The molecule has 0 aromatic carbocycles. The van der Waals surface area contributed by atoms with Crippen LogP contribution in [0.15, 0.2) is 12.7 Å². The van der Waals surface area contributed by atoms with Gasteiger partial charge in [0.05, 0.1) is 0 Å². The van der Waals surface area contributed by atoms with E-state index >= 15 is 0 Å². The molecule has 3 heteroatoms. The molecule has 0 rings (SSSR count). The summed E-state index contributed by atoms with van der Waals surface area (Å²) in [7, 11) is 1.61. The van der Waals surface area contributed by atoms with E-state index in [9.17, 15) is 4.79 Å². The molecule has 2 N–H and O–H groups in total. The van der Waals surface area contributed by atoms with E-state index in [1.54, 1.807) is 7.05 Å². The Bertz CT molecular complexity index is 134. The number of carbonyl (C=O) groups excluding carboxylic acids is 1. The van der Waals surface area contributed by atoms with Crippen LogP contribution in [0.4, 0.5) is 4.79 Å². The van der Waals surface area contributed by atoms with Crippen LogP contribution in [0.2, 0.25) is 0 Å². The lowest BCUT2D eigenvalue weighted by molar-refractivity contribution is 0.238. The lowest BCUT2D eigenvalue weighted by atomic mass is 10.1. The molecular formula is C8H16N2O. The highest BCUT2D eigenvalue weighted by Gasteiger charge is 2.05. The van der Waals surface area contributed by atoms with Gasteiger partial charge in [-0.1, -0.05) is 13.0 Å². The molecule has 64 valence electrons. The summed E-state index contributed by atoms with van der Waals surface area (Å²) in [5.74, 6) is 0. The third-order valence-electron chi connectivity index (χ3n) is 1.51. The molecular weight excluding hydrogens is 140 g/mol. The number of hydrogen-bond acceptors (Lipinski definition) is 1. The molecule has 0 bridgehead atoms. The minimum Gasteiger partial charge on any atom is -0.341 e. The first kappa shape index (κ1) is 10.0. The minimum atomic E-state index is -0.126. The van der Waals surface area contributed by atoms with Crippen molar-refractivity contribution in [2.75, 3.05) is 7.05 Å². The van der Waals surface area contributed by atoms with Gasteiger partial charge in [0.2, 0.25) is 0 Å². The quantitative estimate of drug-likeness (QED) is 0.591. The first-order valence-electron chi connectivity index (χ1n) is 3.83. The molecule has 3 nitrogen and oxygen atoms in total. The zero-order chi connectivity index (χ0) is 8.69. The number of rotatable bonds is 4. The summed E-state index contributed by atoms with van der Waals surface area (Å²) in [5.41, 5.74) is 0. The molecule has 2 amide bonds. The van der Waals surface area contributed by atoms with Gasteiger partial charge in [-0.25, -0.2) is 4.79 Å². The van der Waals surface area contributed by atoms with E-state index in [4.69, 9.17) is 0 Å². The van der Waals surface area contributed by atoms with Gasteiger partial charge in [0.15, 0.2) is 0 Å². The molecule has 0 aliphatic rings. The molecule has 0 aromatic heterocycles. The lowest BCUT2D eigenvalue weighted by Crippen LogP contribution is -2.39. The van der Waals surface area contributed by atoms with Crippen LogP contribution in [0.3, 0.4) is 0 Å². The Morgan fingerprint density at radius 2 is 2.36 bits per heavy atom. The molecule has 0 aliphatic carbocycles. The largest absolute Gasteiger partial charge is 0.341 e. The molecule has 0 saturated carbocycles. The van der Waals surface area contributed by atoms with E-state index in [0.717, 1.165) is 12.8 Å². The summed E-state index contributed by atoms with van der Waals surface area (Å²) >= 11 is 0. The number of urea groups is 1. The Morgan fingerprint density at radius 3 is 2.73 bits per heavy atom. The van der Waals surface area contributed by atoms with Crippen LogP contribution in [0.5, 0.6) is 0 Å². The SMILES string of the molecule is C=CCC(CC)NC(=O)NC. The Balaban J connectivity index is 3.67. The fourth-order valence-electron chi connectivity index (χ4n) is 0.786. The predicted molar refractivity (Wildman–Crippen MR) is 46.5 cm³/mol. The van der Waals surface area contributed by atoms with Crippen molar-refractivity contribution in [2.24, 2.45) is 0 Å². The van der Waals surface area contributed by atoms with E-state index < -0.39 is 0 Å². The number of nitrogens with one attached hydrogen (secondary N) is 2. The van der Waals surface area contributed by atoms with E-state index in [1.165, 1.54) is 0 Å². The first-order valence-corrected chi connectivity index (χ1v) is 3.83. The molecule has 0 aliphatic heterocycles. The van der Waals surface area contributed by atoms with Gasteiger partial charge in [-0.3, -0.25) is 0 Å². The monoisotopic (exact) mass is 156 g/mol. The lowest BCUT2D eigenvalue weighted by Gasteiger charge is -2.13. The highest BCUT2D eigenvalue weighted by molar-refractivity contribution is 5.73. The smallest absolute Gasteiger partial charge is 0.314 e. The zero-order valence-electron chi connectivity index (χ0n) is 7.18. The number of hydrogen-bond donors (Lipinski definition) is 2. The van der Waals surface area contributed by atoms with E-state index in [-0.39, 0.29) is 12.1 Å². The van der Waals surface area contributed by atoms with Gasteiger partial charge in [-0.05, 0) is 12.8 Å². The maximum Gasteiger partial charge on any atom is 0.314 e. The standard InChI is InChI=1S/C8H16N2O/c1-4-6-7(5-2)10-8(11)9-3/h4,7H,1,5-6H2,2-3H3,(H2,9,10,11).